The van der Waals surface area contributed by atoms with E-state index in [-0.39, 0.29) is 8.40 Å². The maximum Gasteiger partial charge on any atom is 0.268 e. The van der Waals surface area contributed by atoms with Crippen LogP contribution in [0.4, 0.5) is 0 Å². The van der Waals surface area contributed by atoms with Crippen LogP contribution < -0.4 is 0 Å². The Hall–Kier alpha value is -14.5. The van der Waals surface area contributed by atoms with Crippen molar-refractivity contribution >= 4 is 61.1 Å². The van der Waals surface area contributed by atoms with E-state index in [2.05, 4.69) is 559 Å². The number of benzene rings is 20. The van der Waals surface area contributed by atoms with E-state index in [1.807, 2.05) is 111 Å². The van der Waals surface area contributed by atoms with Crippen LogP contribution in [0.2, 0.25) is 0 Å². The predicted molar refractivity (Wildman–Crippen MR) is 670 cm³/mol. The van der Waals surface area contributed by atoms with Gasteiger partial charge in [0.25, 0.3) is 3.06 Å². The molecule has 0 bridgehead atoms. The third-order valence-corrected chi connectivity index (χ3v) is 23.5. The molecule has 0 saturated carbocycles. The summed E-state index contributed by atoms with van der Waals surface area (Å²) in [6.45, 7) is 40.4. The molecule has 0 unspecified atom stereocenters. The van der Waals surface area contributed by atoms with Crippen LogP contribution in [0.5, 0.6) is 0 Å². The van der Waals surface area contributed by atoms with Crippen LogP contribution in [0.1, 0.15) is 133 Å². The van der Waals surface area contributed by atoms with Crippen molar-refractivity contribution in [1.29, 1.82) is 0 Å². The Morgan fingerprint density at radius 1 is 0.174 bits per heavy atom. The Morgan fingerprint density at radius 2 is 0.268 bits per heavy atom. The van der Waals surface area contributed by atoms with Crippen molar-refractivity contribution < 1.29 is 15.2 Å². The van der Waals surface area contributed by atoms with Crippen molar-refractivity contribution in [3.63, 3.8) is 0 Å². The van der Waals surface area contributed by atoms with Crippen LogP contribution in [0.15, 0.2) is 510 Å². The standard InChI is InChI=1S/2C54H38.2C8H10.8C2H6.CH2Cl2.CHIO3S/c2*1-7-19-39(20-8-1)47-35-37-49(41-23-11-3-12-24-41)53(51(47)43-27-15-5-16-28-43)45-31-33-46(34-32-45)54-50(42-25-13-4-14-26-42)38-36-48(40-21-9-2-10-22-40)52(54)44-29-17-6-18-30-44;2*1-7-3-5-8(2)6-4-7;8*1-2;2-1-3;2-1(6)4-5-3/h2*1-38H;2*3-6H,1-2H3;8*1-2H3;1H2;3H. The van der Waals surface area contributed by atoms with Gasteiger partial charge in [0, 0.05) is 22.6 Å². The number of alkyl halides is 2. The minimum absolute atomic E-state index is 0.120. The molecular weight excluding hydrogens is 1980 g/mol. The van der Waals surface area contributed by atoms with E-state index in [0.29, 0.717) is 0 Å². The van der Waals surface area contributed by atoms with Crippen LogP contribution in [-0.4, -0.2) is 13.7 Å². The van der Waals surface area contributed by atoms with Gasteiger partial charge in [-0.15, -0.1) is 23.2 Å². The highest BCUT2D eigenvalue weighted by Gasteiger charge is 2.26. The molecule has 20 aromatic rings. The lowest BCUT2D eigenvalue weighted by molar-refractivity contribution is -0.446. The number of aryl methyl sites for hydroxylation is 4. The third kappa shape index (κ3) is 35.1. The van der Waals surface area contributed by atoms with Crippen LogP contribution in [0, 0.1) is 27.7 Å². The Kier molecular flexibility index (Phi) is 56.7. The molecule has 0 radical (unpaired) electrons. The van der Waals surface area contributed by atoms with Gasteiger partial charge in [-0.25, -0.2) is 5.26 Å². The molecule has 3 nitrogen and oxygen atoms in total. The molecule has 0 atom stereocenters. The average Bonchev–Trinajstić information content (AvgIpc) is 0.747. The first-order valence-corrected chi connectivity index (χ1v) is 54.9. The van der Waals surface area contributed by atoms with Gasteiger partial charge in [0.15, 0.2) is 0 Å². The van der Waals surface area contributed by atoms with Gasteiger partial charge in [0.2, 0.25) is 0 Å². The van der Waals surface area contributed by atoms with Crippen LogP contribution in [-0.2, 0) is 9.93 Å². The van der Waals surface area contributed by atoms with Crippen molar-refractivity contribution in [2.45, 2.75) is 138 Å². The summed E-state index contributed by atoms with van der Waals surface area (Å²) in [4.78, 5) is 3.82. The molecule has 0 aliphatic heterocycles. The van der Waals surface area contributed by atoms with Gasteiger partial charge in [0.1, 0.15) is 0 Å². The topological polar surface area (TPSA) is 38.7 Å². The fourth-order valence-corrected chi connectivity index (χ4v) is 17.1. The Bertz CT molecular complexity index is 6220. The molecule has 0 fully saturated rings. The van der Waals surface area contributed by atoms with E-state index in [1.54, 1.807) is 22.6 Å². The summed E-state index contributed by atoms with van der Waals surface area (Å²) in [5.74, 6) is 0. The summed E-state index contributed by atoms with van der Waals surface area (Å²) in [6.07, 6.45) is 0. The largest absolute Gasteiger partial charge is 0.290 e. The van der Waals surface area contributed by atoms with Crippen LogP contribution >= 0.6 is 58.0 Å². The Morgan fingerprint density at radius 3 is 0.356 bits per heavy atom. The zero-order chi connectivity index (χ0) is 108. The van der Waals surface area contributed by atoms with Gasteiger partial charge in [-0.2, -0.15) is 0 Å². The maximum atomic E-state index is 7.42. The highest BCUT2D eigenvalue weighted by molar-refractivity contribution is 14.1. The molecule has 0 aliphatic carbocycles. The van der Waals surface area contributed by atoms with Gasteiger partial charge in [-0.1, -0.05) is 643 Å². The SMILES string of the molecule is CC.CC.CC.CC.CC.CC.CC.CC.Cc1ccc(C)cc1.Cc1ccc(C)cc1.ClCCl.OOOC(=S)I.c1ccc(-c2ccc(-c3ccccc3)c(-c3ccc(-c4c(-c5ccccc5)ccc(-c5ccccc5)c4-c4ccccc4)cc3)c2-c2ccccc2)cc1.c1ccc(-c2ccc(-c3ccccc3)c(-c3ccc(-c4c(-c5ccccc5)ccc(-c5ccccc5)c4-c4ccccc4)cc3)c2-c2ccccc2)cc1. The molecule has 0 aliphatic rings. The fourth-order valence-electron chi connectivity index (χ4n) is 17.0. The lowest BCUT2D eigenvalue weighted by Gasteiger charge is -2.22. The molecule has 7 heteroatoms. The summed E-state index contributed by atoms with van der Waals surface area (Å²) in [6, 6.07) is 184. The maximum absolute atomic E-state index is 7.42. The monoisotopic (exact) mass is 2130 g/mol. The van der Waals surface area contributed by atoms with E-state index >= 15 is 0 Å². The van der Waals surface area contributed by atoms with Crippen LogP contribution in [0.3, 0.4) is 0 Å². The van der Waals surface area contributed by atoms with E-state index < -0.39 is 0 Å². The first kappa shape index (κ1) is 121. The van der Waals surface area contributed by atoms with Gasteiger partial charge in [-0.3, -0.25) is 4.89 Å². The van der Waals surface area contributed by atoms with Crippen molar-refractivity contribution in [3.05, 3.63) is 532 Å². The number of thiocarbonyl (C=S) groups is 1. The van der Waals surface area contributed by atoms with Gasteiger partial charge < -0.3 is 0 Å². The minimum Gasteiger partial charge on any atom is -0.290 e. The molecule has 0 amide bonds. The highest BCUT2D eigenvalue weighted by atomic mass is 127. The van der Waals surface area contributed by atoms with Gasteiger partial charge >= 0.3 is 0 Å². The summed E-state index contributed by atoms with van der Waals surface area (Å²) >= 11 is 15.5. The zero-order valence-electron chi connectivity index (χ0n) is 90.5. The molecule has 20 aromatic carbocycles. The second-order valence-electron chi connectivity index (χ2n) is 32.0. The highest BCUT2D eigenvalue weighted by Crippen LogP contribution is 2.52. The molecule has 1 N–H and O–H groups in total. The van der Waals surface area contributed by atoms with E-state index in [0.717, 1.165) is 0 Å². The van der Waals surface area contributed by atoms with Gasteiger partial charge in [0.05, 0.1) is 5.34 Å². The summed E-state index contributed by atoms with van der Waals surface area (Å²) in [5.41, 5.74) is 43.9. The van der Waals surface area contributed by atoms with Crippen molar-refractivity contribution in [1.82, 2.24) is 0 Å². The molecule has 760 valence electrons. The number of rotatable bonds is 17. The smallest absolute Gasteiger partial charge is 0.268 e. The molecule has 0 heterocycles. The second kappa shape index (κ2) is 69.6. The predicted octanol–water partition coefficient (Wildman–Crippen LogP) is 45.4. The summed E-state index contributed by atoms with van der Waals surface area (Å²) < 4.78 is 0.120. The summed E-state index contributed by atoms with van der Waals surface area (Å²) in [5, 5.41) is 10.8. The number of hydrogen-bond donors (Lipinski definition) is 1. The first-order chi connectivity index (χ1) is 73.4. The quantitative estimate of drug-likeness (QED) is 0.0246. The Labute approximate surface area is 922 Å². The van der Waals surface area contributed by atoms with Crippen molar-refractivity contribution in [2.24, 2.45) is 0 Å². The molecular formula is C142H147Cl2IO3S. The molecule has 20 rings (SSSR count). The van der Waals surface area contributed by atoms with Gasteiger partial charge in [-0.05, 0) is 223 Å². The number of hydrogen-bond acceptors (Lipinski definition) is 4. The minimum atomic E-state index is 0.120. The first-order valence-electron chi connectivity index (χ1n) is 52.3. The molecule has 0 spiro atoms. The lowest BCUT2D eigenvalue weighted by Crippen LogP contribution is -1.96. The fraction of sp³-hybridized carbons (Fsp3) is 0.148. The molecule has 0 aromatic heterocycles. The zero-order valence-corrected chi connectivity index (χ0v) is 95.0. The molecule has 149 heavy (non-hydrogen) atoms. The second-order valence-corrected chi connectivity index (χ2v) is 34.9. The van der Waals surface area contributed by atoms with Crippen molar-refractivity contribution in [2.75, 3.05) is 5.34 Å². The third-order valence-electron chi connectivity index (χ3n) is 23.2. The molecule has 0 saturated heterocycles. The van der Waals surface area contributed by atoms with E-state index in [1.165, 1.54) is 200 Å². The lowest BCUT2D eigenvalue weighted by atomic mass is 9.81. The normalized spacial score (nSPS) is 9.69. The average molecular weight is 2130 g/mol. The Balaban J connectivity index is 0.000000295. The van der Waals surface area contributed by atoms with Crippen molar-refractivity contribution in [3.8, 4) is 178 Å². The number of halogens is 3. The summed E-state index contributed by atoms with van der Waals surface area (Å²) in [7, 11) is 0. The van der Waals surface area contributed by atoms with E-state index in [4.69, 9.17) is 28.5 Å². The van der Waals surface area contributed by atoms with Crippen LogP contribution in [0.25, 0.3) is 178 Å². The van der Waals surface area contributed by atoms with E-state index in [9.17, 15) is 0 Å².